The van der Waals surface area contributed by atoms with E-state index in [1.807, 2.05) is 0 Å². The molecule has 1 aromatic rings. The van der Waals surface area contributed by atoms with Gasteiger partial charge in [-0.15, -0.1) is 0 Å². The Morgan fingerprint density at radius 1 is 1.22 bits per heavy atom. The summed E-state index contributed by atoms with van der Waals surface area (Å²) in [5, 5.41) is 3.50. The van der Waals surface area contributed by atoms with E-state index in [1.165, 1.54) is 24.0 Å². The molecule has 1 atom stereocenters. The zero-order chi connectivity index (χ0) is 12.8. The molecule has 1 heterocycles. The van der Waals surface area contributed by atoms with Gasteiger partial charge in [0.2, 0.25) is 0 Å². The molecule has 18 heavy (non-hydrogen) atoms. The number of nitrogens with one attached hydrogen (secondary N) is 1. The number of morpholine rings is 1. The zero-order valence-electron chi connectivity index (χ0n) is 11.6. The minimum Gasteiger partial charge on any atom is -0.379 e. The highest BCUT2D eigenvalue weighted by atomic mass is 16.5. The van der Waals surface area contributed by atoms with Crippen molar-refractivity contribution in [1.29, 1.82) is 0 Å². The van der Waals surface area contributed by atoms with Crippen molar-refractivity contribution >= 4 is 0 Å². The van der Waals surface area contributed by atoms with Crippen LogP contribution in [0.4, 0.5) is 0 Å². The van der Waals surface area contributed by atoms with Gasteiger partial charge in [-0.05, 0) is 36.3 Å². The number of hydrogen-bond donors (Lipinski definition) is 1. The van der Waals surface area contributed by atoms with E-state index in [2.05, 4.69) is 43.4 Å². The Balaban J connectivity index is 1.78. The van der Waals surface area contributed by atoms with E-state index in [9.17, 15) is 0 Å². The Labute approximate surface area is 111 Å². The van der Waals surface area contributed by atoms with Crippen LogP contribution in [0.5, 0.6) is 0 Å². The normalized spacial score (nSPS) is 20.3. The van der Waals surface area contributed by atoms with E-state index in [0.29, 0.717) is 6.04 Å². The van der Waals surface area contributed by atoms with E-state index in [4.69, 9.17) is 4.74 Å². The fourth-order valence-corrected chi connectivity index (χ4v) is 2.46. The van der Waals surface area contributed by atoms with E-state index < -0.39 is 0 Å². The van der Waals surface area contributed by atoms with Gasteiger partial charge in [-0.3, -0.25) is 0 Å². The molecule has 1 aromatic carbocycles. The van der Waals surface area contributed by atoms with E-state index >= 15 is 0 Å². The summed E-state index contributed by atoms with van der Waals surface area (Å²) in [6.07, 6.45) is 3.49. The van der Waals surface area contributed by atoms with Gasteiger partial charge in [0.1, 0.15) is 0 Å². The van der Waals surface area contributed by atoms with E-state index in [-0.39, 0.29) is 0 Å². The summed E-state index contributed by atoms with van der Waals surface area (Å²) in [5.41, 5.74) is 2.89. The number of benzene rings is 1. The second-order valence-corrected chi connectivity index (χ2v) is 5.68. The second-order valence-electron chi connectivity index (χ2n) is 5.68. The molecule has 0 spiro atoms. The van der Waals surface area contributed by atoms with Crippen LogP contribution in [-0.4, -0.2) is 25.8 Å². The Hall–Kier alpha value is -0.860. The smallest absolute Gasteiger partial charge is 0.0620 e. The van der Waals surface area contributed by atoms with Crippen LogP contribution in [0, 0.1) is 5.92 Å². The molecule has 1 aliphatic heterocycles. The first kappa shape index (κ1) is 13.6. The third kappa shape index (κ3) is 4.43. The Morgan fingerprint density at radius 3 is 2.56 bits per heavy atom. The number of ether oxygens (including phenoxy) is 1. The molecule has 0 radical (unpaired) electrons. The average Bonchev–Trinajstić information content (AvgIpc) is 2.38. The maximum Gasteiger partial charge on any atom is 0.0620 e. The van der Waals surface area contributed by atoms with E-state index in [0.717, 1.165) is 32.1 Å². The molecule has 1 fully saturated rings. The van der Waals surface area contributed by atoms with E-state index in [1.54, 1.807) is 0 Å². The molecule has 0 saturated carbocycles. The fraction of sp³-hybridized carbons (Fsp3) is 0.625. The van der Waals surface area contributed by atoms with Gasteiger partial charge in [0, 0.05) is 12.6 Å². The van der Waals surface area contributed by atoms with Gasteiger partial charge in [0.05, 0.1) is 13.2 Å². The average molecular weight is 247 g/mol. The molecule has 0 bridgehead atoms. The molecule has 0 amide bonds. The largest absolute Gasteiger partial charge is 0.379 e. The maximum atomic E-state index is 5.47. The minimum atomic E-state index is 0.536. The lowest BCUT2D eigenvalue weighted by Crippen LogP contribution is -2.41. The van der Waals surface area contributed by atoms with Crippen LogP contribution >= 0.6 is 0 Å². The molecular formula is C16H25NO. The Kier molecular flexibility index (Phi) is 5.21. The van der Waals surface area contributed by atoms with Gasteiger partial charge in [-0.1, -0.05) is 38.1 Å². The summed E-state index contributed by atoms with van der Waals surface area (Å²) in [6.45, 7) is 7.26. The highest BCUT2D eigenvalue weighted by Gasteiger charge is 2.12. The summed E-state index contributed by atoms with van der Waals surface area (Å²) in [4.78, 5) is 0. The van der Waals surface area contributed by atoms with Crippen LogP contribution in [0.2, 0.25) is 0 Å². The van der Waals surface area contributed by atoms with Gasteiger partial charge in [0.15, 0.2) is 0 Å². The van der Waals surface area contributed by atoms with Gasteiger partial charge >= 0.3 is 0 Å². The SMILES string of the molecule is CC(C)Cc1ccc(CCC2COCCN2)cc1. The predicted molar refractivity (Wildman–Crippen MR) is 75.9 cm³/mol. The molecule has 1 unspecified atom stereocenters. The van der Waals surface area contributed by atoms with Crippen LogP contribution in [-0.2, 0) is 17.6 Å². The lowest BCUT2D eigenvalue weighted by molar-refractivity contribution is 0.0743. The van der Waals surface area contributed by atoms with Crippen molar-refractivity contribution in [3.63, 3.8) is 0 Å². The molecule has 100 valence electrons. The van der Waals surface area contributed by atoms with Crippen molar-refractivity contribution in [3.05, 3.63) is 35.4 Å². The number of aryl methyl sites for hydroxylation is 1. The van der Waals surface area contributed by atoms with Crippen LogP contribution in [0.3, 0.4) is 0 Å². The molecule has 1 N–H and O–H groups in total. The topological polar surface area (TPSA) is 21.3 Å². The predicted octanol–water partition coefficient (Wildman–Crippen LogP) is 2.81. The lowest BCUT2D eigenvalue weighted by atomic mass is 9.99. The highest BCUT2D eigenvalue weighted by Crippen LogP contribution is 2.12. The third-order valence-electron chi connectivity index (χ3n) is 3.45. The summed E-state index contributed by atoms with van der Waals surface area (Å²) in [5.74, 6) is 0.736. The monoisotopic (exact) mass is 247 g/mol. The molecule has 1 aliphatic rings. The fourth-order valence-electron chi connectivity index (χ4n) is 2.46. The van der Waals surface area contributed by atoms with Crippen molar-refractivity contribution in [2.45, 2.75) is 39.2 Å². The molecule has 2 nitrogen and oxygen atoms in total. The first-order valence-electron chi connectivity index (χ1n) is 7.13. The van der Waals surface area contributed by atoms with Crippen molar-refractivity contribution in [2.75, 3.05) is 19.8 Å². The van der Waals surface area contributed by atoms with Crippen molar-refractivity contribution in [3.8, 4) is 0 Å². The molecule has 1 saturated heterocycles. The molecular weight excluding hydrogens is 222 g/mol. The first-order chi connectivity index (χ1) is 8.74. The van der Waals surface area contributed by atoms with Crippen molar-refractivity contribution in [1.82, 2.24) is 5.32 Å². The quantitative estimate of drug-likeness (QED) is 0.864. The Morgan fingerprint density at radius 2 is 1.94 bits per heavy atom. The van der Waals surface area contributed by atoms with Gasteiger partial charge in [0.25, 0.3) is 0 Å². The third-order valence-corrected chi connectivity index (χ3v) is 3.45. The lowest BCUT2D eigenvalue weighted by Gasteiger charge is -2.23. The van der Waals surface area contributed by atoms with Gasteiger partial charge < -0.3 is 10.1 Å². The van der Waals surface area contributed by atoms with Gasteiger partial charge in [-0.2, -0.15) is 0 Å². The number of hydrogen-bond acceptors (Lipinski definition) is 2. The Bertz CT molecular complexity index is 339. The summed E-state index contributed by atoms with van der Waals surface area (Å²) >= 11 is 0. The minimum absolute atomic E-state index is 0.536. The van der Waals surface area contributed by atoms with Crippen LogP contribution in [0.15, 0.2) is 24.3 Å². The molecule has 0 aromatic heterocycles. The summed E-state index contributed by atoms with van der Waals surface area (Å²) in [7, 11) is 0. The summed E-state index contributed by atoms with van der Waals surface area (Å²) in [6, 6.07) is 9.65. The van der Waals surface area contributed by atoms with Crippen molar-refractivity contribution < 1.29 is 4.74 Å². The maximum absolute atomic E-state index is 5.47. The molecule has 2 heteroatoms. The zero-order valence-corrected chi connectivity index (χ0v) is 11.6. The van der Waals surface area contributed by atoms with Crippen molar-refractivity contribution in [2.24, 2.45) is 5.92 Å². The second kappa shape index (κ2) is 6.91. The standard InChI is InChI=1S/C16H25NO/c1-13(2)11-15-5-3-14(4-6-15)7-8-16-12-18-10-9-17-16/h3-6,13,16-17H,7-12H2,1-2H3. The van der Waals surface area contributed by atoms with Crippen LogP contribution < -0.4 is 5.32 Å². The highest BCUT2D eigenvalue weighted by molar-refractivity contribution is 5.23. The molecule has 0 aliphatic carbocycles. The first-order valence-corrected chi connectivity index (χ1v) is 7.13. The van der Waals surface area contributed by atoms with Crippen LogP contribution in [0.25, 0.3) is 0 Å². The summed E-state index contributed by atoms with van der Waals surface area (Å²) < 4.78 is 5.47. The van der Waals surface area contributed by atoms with Gasteiger partial charge in [-0.25, -0.2) is 0 Å². The number of rotatable bonds is 5. The molecule has 2 rings (SSSR count). The van der Waals surface area contributed by atoms with Crippen LogP contribution in [0.1, 0.15) is 31.4 Å².